The standard InChI is InChI=1S/C16H21FN6O2/c1-2-11-14(17)15(19-8-18-11)23-6-9-4-22(5-10(9)7-23)12-3-13(24)21-16(25)20-12/h8-10,12H,2-7H2,1H3,(H2,20,21,24,25). The lowest BCUT2D eigenvalue weighted by atomic mass is 10.0. The zero-order chi connectivity index (χ0) is 17.6. The number of rotatable bonds is 3. The van der Waals surface area contributed by atoms with Crippen LogP contribution in [0.15, 0.2) is 6.33 Å². The Hall–Kier alpha value is -2.29. The number of amides is 3. The van der Waals surface area contributed by atoms with E-state index in [0.717, 1.165) is 26.2 Å². The number of nitrogens with one attached hydrogen (secondary N) is 2. The van der Waals surface area contributed by atoms with Crippen molar-refractivity contribution in [2.75, 3.05) is 31.1 Å². The minimum Gasteiger partial charge on any atom is -0.353 e. The Labute approximate surface area is 144 Å². The number of carbonyl (C=O) groups excluding carboxylic acids is 2. The lowest BCUT2D eigenvalue weighted by Gasteiger charge is -2.32. The van der Waals surface area contributed by atoms with Gasteiger partial charge in [-0.25, -0.2) is 19.2 Å². The number of aromatic nitrogens is 2. The van der Waals surface area contributed by atoms with Crippen LogP contribution in [0.4, 0.5) is 15.0 Å². The molecule has 3 fully saturated rings. The van der Waals surface area contributed by atoms with Gasteiger partial charge in [0.1, 0.15) is 6.33 Å². The Balaban J connectivity index is 1.43. The van der Waals surface area contributed by atoms with E-state index in [9.17, 15) is 14.0 Å². The van der Waals surface area contributed by atoms with Crippen molar-refractivity contribution in [1.29, 1.82) is 0 Å². The van der Waals surface area contributed by atoms with Gasteiger partial charge in [0.05, 0.1) is 18.3 Å². The molecule has 3 unspecified atom stereocenters. The molecule has 3 aliphatic heterocycles. The maximum atomic E-state index is 14.5. The van der Waals surface area contributed by atoms with Gasteiger partial charge in [0.2, 0.25) is 5.91 Å². The van der Waals surface area contributed by atoms with Crippen molar-refractivity contribution < 1.29 is 14.0 Å². The minimum atomic E-state index is -0.435. The van der Waals surface area contributed by atoms with E-state index >= 15 is 0 Å². The Morgan fingerprint density at radius 2 is 1.92 bits per heavy atom. The van der Waals surface area contributed by atoms with Gasteiger partial charge in [-0.1, -0.05) is 6.92 Å². The largest absolute Gasteiger partial charge is 0.353 e. The van der Waals surface area contributed by atoms with Gasteiger partial charge in [0.15, 0.2) is 11.6 Å². The van der Waals surface area contributed by atoms with Crippen LogP contribution in [0.1, 0.15) is 19.0 Å². The quantitative estimate of drug-likeness (QED) is 0.805. The second-order valence-corrected chi connectivity index (χ2v) is 6.93. The summed E-state index contributed by atoms with van der Waals surface area (Å²) in [6, 6.07) is -0.435. The number of anilines is 1. The summed E-state index contributed by atoms with van der Waals surface area (Å²) in [7, 11) is 0. The molecule has 9 heteroatoms. The van der Waals surface area contributed by atoms with E-state index in [1.165, 1.54) is 6.33 Å². The van der Waals surface area contributed by atoms with Gasteiger partial charge < -0.3 is 10.2 Å². The van der Waals surface area contributed by atoms with Crippen molar-refractivity contribution in [1.82, 2.24) is 25.5 Å². The lowest BCUT2D eigenvalue weighted by Crippen LogP contribution is -2.58. The van der Waals surface area contributed by atoms with E-state index in [1.54, 1.807) is 0 Å². The van der Waals surface area contributed by atoms with Crippen LogP contribution in [0.25, 0.3) is 0 Å². The van der Waals surface area contributed by atoms with Crippen molar-refractivity contribution in [3.8, 4) is 0 Å². The van der Waals surface area contributed by atoms with Crippen molar-refractivity contribution in [3.05, 3.63) is 17.8 Å². The Morgan fingerprint density at radius 3 is 2.56 bits per heavy atom. The number of hydrogen-bond acceptors (Lipinski definition) is 6. The number of nitrogens with zero attached hydrogens (tertiary/aromatic N) is 4. The van der Waals surface area contributed by atoms with Crippen LogP contribution in [0.5, 0.6) is 0 Å². The lowest BCUT2D eigenvalue weighted by molar-refractivity contribution is -0.122. The molecule has 4 rings (SSSR count). The molecular weight excluding hydrogens is 327 g/mol. The smallest absolute Gasteiger partial charge is 0.322 e. The average molecular weight is 348 g/mol. The van der Waals surface area contributed by atoms with Gasteiger partial charge in [-0.3, -0.25) is 15.0 Å². The minimum absolute atomic E-state index is 0.247. The Kier molecular flexibility index (Phi) is 4.03. The number of urea groups is 1. The summed E-state index contributed by atoms with van der Waals surface area (Å²) in [6.07, 6.45) is 1.99. The first-order valence-electron chi connectivity index (χ1n) is 8.64. The van der Waals surface area contributed by atoms with Crippen LogP contribution < -0.4 is 15.5 Å². The van der Waals surface area contributed by atoms with Crippen molar-refractivity contribution in [2.24, 2.45) is 11.8 Å². The van der Waals surface area contributed by atoms with Crippen molar-refractivity contribution in [2.45, 2.75) is 25.9 Å². The summed E-state index contributed by atoms with van der Waals surface area (Å²) >= 11 is 0. The normalized spacial score (nSPS) is 29.5. The van der Waals surface area contributed by atoms with Crippen LogP contribution in [0.3, 0.4) is 0 Å². The summed E-state index contributed by atoms with van der Waals surface area (Å²) in [5.41, 5.74) is 0.444. The third-order valence-electron chi connectivity index (χ3n) is 5.36. The predicted molar refractivity (Wildman–Crippen MR) is 87.2 cm³/mol. The highest BCUT2D eigenvalue weighted by Crippen LogP contribution is 2.35. The SMILES string of the molecule is CCc1ncnc(N2CC3CN(C4CC(=O)NC(=O)N4)CC3C2)c1F. The maximum Gasteiger partial charge on any atom is 0.322 e. The number of imide groups is 1. The van der Waals surface area contributed by atoms with Crippen LogP contribution in [0, 0.1) is 17.7 Å². The Morgan fingerprint density at radius 1 is 1.20 bits per heavy atom. The van der Waals surface area contributed by atoms with E-state index in [0.29, 0.717) is 29.8 Å². The van der Waals surface area contributed by atoms with E-state index in [1.807, 2.05) is 11.8 Å². The van der Waals surface area contributed by atoms with Gasteiger partial charge in [-0.05, 0) is 18.3 Å². The first-order chi connectivity index (χ1) is 12.0. The fraction of sp³-hybridized carbons (Fsp3) is 0.625. The molecule has 2 N–H and O–H groups in total. The number of halogens is 1. The molecule has 134 valence electrons. The first kappa shape index (κ1) is 16.2. The van der Waals surface area contributed by atoms with Crippen LogP contribution in [-0.4, -0.2) is 59.2 Å². The molecule has 3 amide bonds. The Bertz CT molecular complexity index is 684. The molecule has 0 aromatic carbocycles. The molecule has 1 aromatic heterocycles. The molecule has 25 heavy (non-hydrogen) atoms. The maximum absolute atomic E-state index is 14.5. The fourth-order valence-corrected chi connectivity index (χ4v) is 4.13. The molecule has 3 aliphatic rings. The summed E-state index contributed by atoms with van der Waals surface area (Å²) in [6.45, 7) is 4.90. The van der Waals surface area contributed by atoms with E-state index in [4.69, 9.17) is 0 Å². The van der Waals surface area contributed by atoms with Crippen molar-refractivity contribution in [3.63, 3.8) is 0 Å². The summed E-state index contributed by atoms with van der Waals surface area (Å²) < 4.78 is 14.5. The van der Waals surface area contributed by atoms with Crippen molar-refractivity contribution >= 4 is 17.8 Å². The number of carbonyl (C=O) groups is 2. The third-order valence-corrected chi connectivity index (χ3v) is 5.36. The zero-order valence-corrected chi connectivity index (χ0v) is 14.0. The number of hydrogen-bond donors (Lipinski definition) is 2. The summed E-state index contributed by atoms with van der Waals surface area (Å²) in [5, 5.41) is 5.05. The fourth-order valence-electron chi connectivity index (χ4n) is 4.13. The molecule has 0 bridgehead atoms. The summed E-state index contributed by atoms with van der Waals surface area (Å²) in [5.74, 6) is 0.571. The van der Waals surface area contributed by atoms with Gasteiger partial charge in [-0.2, -0.15) is 0 Å². The monoisotopic (exact) mass is 348 g/mol. The number of likely N-dealkylation sites (tertiary alicyclic amines) is 1. The van der Waals surface area contributed by atoms with Gasteiger partial charge in [0.25, 0.3) is 0 Å². The van der Waals surface area contributed by atoms with E-state index < -0.39 is 6.03 Å². The molecule has 1 aromatic rings. The molecule has 0 aliphatic carbocycles. The molecule has 0 radical (unpaired) electrons. The molecule has 0 saturated carbocycles. The number of fused-ring (bicyclic) bond motifs is 1. The highest BCUT2D eigenvalue weighted by Gasteiger charge is 2.44. The third kappa shape index (κ3) is 2.92. The first-order valence-corrected chi connectivity index (χ1v) is 8.64. The highest BCUT2D eigenvalue weighted by atomic mass is 19.1. The van der Waals surface area contributed by atoms with Gasteiger partial charge in [0, 0.05) is 26.2 Å². The topological polar surface area (TPSA) is 90.5 Å². The molecule has 4 heterocycles. The highest BCUT2D eigenvalue weighted by molar-refractivity contribution is 5.97. The molecule has 8 nitrogen and oxygen atoms in total. The molecule has 3 atom stereocenters. The molecule has 3 saturated heterocycles. The molecular formula is C16H21FN6O2. The average Bonchev–Trinajstić information content (AvgIpc) is 3.13. The second kappa shape index (κ2) is 6.21. The zero-order valence-electron chi connectivity index (χ0n) is 14.0. The number of aryl methyl sites for hydroxylation is 1. The van der Waals surface area contributed by atoms with E-state index in [-0.39, 0.29) is 24.3 Å². The van der Waals surface area contributed by atoms with Gasteiger partial charge >= 0.3 is 6.03 Å². The molecule has 0 spiro atoms. The van der Waals surface area contributed by atoms with E-state index in [2.05, 4.69) is 25.5 Å². The van der Waals surface area contributed by atoms with Gasteiger partial charge in [-0.15, -0.1) is 0 Å². The summed E-state index contributed by atoms with van der Waals surface area (Å²) in [4.78, 5) is 35.3. The van der Waals surface area contributed by atoms with Crippen LogP contribution in [-0.2, 0) is 11.2 Å². The van der Waals surface area contributed by atoms with Crippen LogP contribution >= 0.6 is 0 Å². The van der Waals surface area contributed by atoms with Crippen LogP contribution in [0.2, 0.25) is 0 Å². The second-order valence-electron chi connectivity index (χ2n) is 6.93. The predicted octanol–water partition coefficient (Wildman–Crippen LogP) is 0.102.